The number of rotatable bonds is 2. The maximum absolute atomic E-state index is 12.2. The molecule has 1 amide bonds. The molecule has 1 aliphatic rings. The highest BCUT2D eigenvalue weighted by atomic mass is 79.9. The third-order valence-electron chi connectivity index (χ3n) is 3.16. The Morgan fingerprint density at radius 3 is 3.11 bits per heavy atom. The van der Waals surface area contributed by atoms with Crippen molar-refractivity contribution in [1.82, 2.24) is 5.32 Å². The molecule has 1 atom stereocenters. The van der Waals surface area contributed by atoms with Crippen LogP contribution in [-0.2, 0) is 4.74 Å². The smallest absolute Gasteiger partial charge is 0.263 e. The number of thiophene rings is 1. The van der Waals surface area contributed by atoms with Crippen molar-refractivity contribution in [3.05, 3.63) is 27.5 Å². The summed E-state index contributed by atoms with van der Waals surface area (Å²) in [5.41, 5.74) is 6.63. The van der Waals surface area contributed by atoms with Crippen LogP contribution in [0.5, 0.6) is 0 Å². The number of amides is 1. The summed E-state index contributed by atoms with van der Waals surface area (Å²) in [6.45, 7) is 1.29. The van der Waals surface area contributed by atoms with E-state index in [1.807, 2.05) is 18.2 Å². The molecule has 3 rings (SSSR count). The second kappa shape index (κ2) is 5.11. The van der Waals surface area contributed by atoms with E-state index in [1.165, 1.54) is 11.3 Å². The highest BCUT2D eigenvalue weighted by molar-refractivity contribution is 9.10. The Labute approximate surface area is 123 Å². The number of nitrogens with two attached hydrogens (primary N) is 1. The standard InChI is InChI=1S/C13H13BrN2O2S/c14-7-1-2-10-9(5-7)11(15)12(19-10)13(17)16-8-3-4-18-6-8/h1-2,5,8H,3-4,6,15H2,(H,16,17). The number of carbonyl (C=O) groups excluding carboxylic acids is 1. The number of fused-ring (bicyclic) bond motifs is 1. The lowest BCUT2D eigenvalue weighted by molar-refractivity contribution is 0.0935. The van der Waals surface area contributed by atoms with Crippen LogP contribution in [0.4, 0.5) is 5.69 Å². The van der Waals surface area contributed by atoms with Crippen LogP contribution >= 0.6 is 27.3 Å². The fraction of sp³-hybridized carbons (Fsp3) is 0.308. The third kappa shape index (κ3) is 2.48. The molecule has 0 radical (unpaired) electrons. The van der Waals surface area contributed by atoms with Crippen molar-refractivity contribution in [2.45, 2.75) is 12.5 Å². The molecule has 3 N–H and O–H groups in total. The van der Waals surface area contributed by atoms with Crippen molar-refractivity contribution in [3.8, 4) is 0 Å². The summed E-state index contributed by atoms with van der Waals surface area (Å²) < 4.78 is 7.23. The van der Waals surface area contributed by atoms with Gasteiger partial charge in [-0.15, -0.1) is 11.3 Å². The van der Waals surface area contributed by atoms with E-state index in [0.717, 1.165) is 21.0 Å². The highest BCUT2D eigenvalue weighted by Gasteiger charge is 2.22. The predicted molar refractivity (Wildman–Crippen MR) is 80.6 cm³/mol. The van der Waals surface area contributed by atoms with Crippen molar-refractivity contribution < 1.29 is 9.53 Å². The Kier molecular flexibility index (Phi) is 3.47. The fourth-order valence-corrected chi connectivity index (χ4v) is 3.52. The van der Waals surface area contributed by atoms with Crippen LogP contribution in [0.1, 0.15) is 16.1 Å². The molecule has 1 fully saturated rings. The summed E-state index contributed by atoms with van der Waals surface area (Å²) in [7, 11) is 0. The van der Waals surface area contributed by atoms with Crippen molar-refractivity contribution >= 4 is 48.9 Å². The Hall–Kier alpha value is -1.11. The van der Waals surface area contributed by atoms with Gasteiger partial charge >= 0.3 is 0 Å². The van der Waals surface area contributed by atoms with Crippen LogP contribution in [0.2, 0.25) is 0 Å². The zero-order chi connectivity index (χ0) is 13.4. The first-order chi connectivity index (χ1) is 9.15. The molecule has 0 aliphatic carbocycles. The lowest BCUT2D eigenvalue weighted by Gasteiger charge is -2.09. The number of halogens is 1. The van der Waals surface area contributed by atoms with Gasteiger partial charge < -0.3 is 15.8 Å². The van der Waals surface area contributed by atoms with Crippen LogP contribution in [0.15, 0.2) is 22.7 Å². The molecule has 4 nitrogen and oxygen atoms in total. The number of anilines is 1. The van der Waals surface area contributed by atoms with Gasteiger partial charge in [0.2, 0.25) is 0 Å². The summed E-state index contributed by atoms with van der Waals surface area (Å²) in [4.78, 5) is 12.8. The zero-order valence-electron chi connectivity index (χ0n) is 10.1. The molecule has 100 valence electrons. The van der Waals surface area contributed by atoms with E-state index < -0.39 is 0 Å². The van der Waals surface area contributed by atoms with Crippen LogP contribution in [0.3, 0.4) is 0 Å². The fourth-order valence-electron chi connectivity index (χ4n) is 2.16. The van der Waals surface area contributed by atoms with Crippen molar-refractivity contribution in [2.24, 2.45) is 0 Å². The predicted octanol–water partition coefficient (Wildman–Crippen LogP) is 2.76. The number of benzene rings is 1. The molecule has 0 saturated carbocycles. The van der Waals surface area contributed by atoms with Crippen LogP contribution in [-0.4, -0.2) is 25.2 Å². The van der Waals surface area contributed by atoms with E-state index in [0.29, 0.717) is 23.8 Å². The van der Waals surface area contributed by atoms with Gasteiger partial charge in [0.15, 0.2) is 0 Å². The highest BCUT2D eigenvalue weighted by Crippen LogP contribution is 2.35. The maximum Gasteiger partial charge on any atom is 0.263 e. The van der Waals surface area contributed by atoms with Crippen LogP contribution < -0.4 is 11.1 Å². The van der Waals surface area contributed by atoms with Gasteiger partial charge in [0.05, 0.1) is 18.3 Å². The molecule has 1 aliphatic heterocycles. The summed E-state index contributed by atoms with van der Waals surface area (Å²) in [6, 6.07) is 5.96. The Morgan fingerprint density at radius 2 is 2.37 bits per heavy atom. The lowest BCUT2D eigenvalue weighted by Crippen LogP contribution is -2.34. The average molecular weight is 341 g/mol. The van der Waals surface area contributed by atoms with Crippen molar-refractivity contribution in [1.29, 1.82) is 0 Å². The normalized spacial score (nSPS) is 18.9. The Morgan fingerprint density at radius 1 is 1.53 bits per heavy atom. The molecule has 0 spiro atoms. The molecule has 2 heterocycles. The molecular weight excluding hydrogens is 328 g/mol. The van der Waals surface area contributed by atoms with E-state index in [9.17, 15) is 4.79 Å². The molecule has 19 heavy (non-hydrogen) atoms. The quantitative estimate of drug-likeness (QED) is 0.883. The average Bonchev–Trinajstić information content (AvgIpc) is 2.98. The lowest BCUT2D eigenvalue weighted by atomic mass is 10.2. The first kappa shape index (κ1) is 12.9. The number of nitrogens with one attached hydrogen (secondary N) is 1. The molecule has 1 unspecified atom stereocenters. The van der Waals surface area contributed by atoms with Crippen LogP contribution in [0.25, 0.3) is 10.1 Å². The minimum absolute atomic E-state index is 0.101. The summed E-state index contributed by atoms with van der Waals surface area (Å²) in [5, 5.41) is 3.89. The van der Waals surface area contributed by atoms with Gasteiger partial charge in [-0.25, -0.2) is 0 Å². The summed E-state index contributed by atoms with van der Waals surface area (Å²) >= 11 is 4.84. The molecule has 6 heteroatoms. The van der Waals surface area contributed by atoms with Crippen molar-refractivity contribution in [2.75, 3.05) is 18.9 Å². The van der Waals surface area contributed by atoms with Gasteiger partial charge in [0, 0.05) is 21.2 Å². The number of carbonyl (C=O) groups is 1. The van der Waals surface area contributed by atoms with Gasteiger partial charge in [-0.1, -0.05) is 15.9 Å². The van der Waals surface area contributed by atoms with Crippen LogP contribution in [0, 0.1) is 0 Å². The molecule has 1 saturated heterocycles. The van der Waals surface area contributed by atoms with E-state index in [2.05, 4.69) is 21.2 Å². The Balaban J connectivity index is 1.91. The van der Waals surface area contributed by atoms with Gasteiger partial charge in [-0.05, 0) is 24.6 Å². The van der Waals surface area contributed by atoms with Crippen molar-refractivity contribution in [3.63, 3.8) is 0 Å². The van der Waals surface area contributed by atoms with Gasteiger partial charge in [-0.2, -0.15) is 0 Å². The minimum atomic E-state index is -0.106. The SMILES string of the molecule is Nc1c(C(=O)NC2CCOC2)sc2ccc(Br)cc12. The van der Waals surface area contributed by atoms with Gasteiger partial charge in [0.1, 0.15) is 4.88 Å². The Bertz CT molecular complexity index is 635. The first-order valence-corrected chi connectivity index (χ1v) is 7.62. The second-order valence-corrected chi connectivity index (χ2v) is 6.49. The number of hydrogen-bond acceptors (Lipinski definition) is 4. The largest absolute Gasteiger partial charge is 0.397 e. The molecule has 0 bridgehead atoms. The number of ether oxygens (including phenoxy) is 1. The third-order valence-corrected chi connectivity index (χ3v) is 4.84. The summed E-state index contributed by atoms with van der Waals surface area (Å²) in [5.74, 6) is -0.106. The first-order valence-electron chi connectivity index (χ1n) is 6.01. The van der Waals surface area contributed by atoms with Gasteiger partial charge in [-0.3, -0.25) is 4.79 Å². The maximum atomic E-state index is 12.2. The zero-order valence-corrected chi connectivity index (χ0v) is 12.5. The topological polar surface area (TPSA) is 64.4 Å². The van der Waals surface area contributed by atoms with E-state index in [-0.39, 0.29) is 11.9 Å². The minimum Gasteiger partial charge on any atom is -0.397 e. The van der Waals surface area contributed by atoms with E-state index in [4.69, 9.17) is 10.5 Å². The number of hydrogen-bond donors (Lipinski definition) is 2. The number of nitrogen functional groups attached to an aromatic ring is 1. The molecular formula is C13H13BrN2O2S. The summed E-state index contributed by atoms with van der Waals surface area (Å²) in [6.07, 6.45) is 0.863. The molecule has 2 aromatic rings. The second-order valence-electron chi connectivity index (χ2n) is 4.52. The van der Waals surface area contributed by atoms with E-state index in [1.54, 1.807) is 0 Å². The van der Waals surface area contributed by atoms with Gasteiger partial charge in [0.25, 0.3) is 5.91 Å². The molecule has 1 aromatic heterocycles. The monoisotopic (exact) mass is 340 g/mol. The molecule has 1 aromatic carbocycles. The van der Waals surface area contributed by atoms with E-state index >= 15 is 0 Å².